The molecular weight excluding hydrogens is 438 g/mol. The van der Waals surface area contributed by atoms with E-state index in [0.717, 1.165) is 92.4 Å². The van der Waals surface area contributed by atoms with Crippen molar-refractivity contribution in [2.24, 2.45) is 0 Å². The number of morpholine rings is 1. The van der Waals surface area contributed by atoms with Gasteiger partial charge in [0, 0.05) is 44.5 Å². The molecule has 0 spiro atoms. The largest absolute Gasteiger partial charge is 0.379 e. The summed E-state index contributed by atoms with van der Waals surface area (Å²) >= 11 is 0. The van der Waals surface area contributed by atoms with Crippen LogP contribution in [0.1, 0.15) is 26.2 Å². The first-order valence-electron chi connectivity index (χ1n) is 11.7. The fraction of sp³-hybridized carbons (Fsp3) is 0.522. The zero-order chi connectivity index (χ0) is 23.0. The maximum absolute atomic E-state index is 12.0. The predicted molar refractivity (Wildman–Crippen MR) is 132 cm³/mol. The highest BCUT2D eigenvalue weighted by atomic mass is 32.2. The molecule has 0 bridgehead atoms. The second-order valence-corrected chi connectivity index (χ2v) is 9.50. The highest BCUT2D eigenvalue weighted by Gasteiger charge is 2.16. The van der Waals surface area contributed by atoms with Crippen LogP contribution in [0, 0.1) is 0 Å². The fourth-order valence-electron chi connectivity index (χ4n) is 3.91. The average Bonchev–Trinajstić information content (AvgIpc) is 3.22. The van der Waals surface area contributed by atoms with E-state index in [1.165, 1.54) is 0 Å². The molecule has 2 N–H and O–H groups in total. The van der Waals surface area contributed by atoms with E-state index in [9.17, 15) is 4.21 Å². The zero-order valence-corrected chi connectivity index (χ0v) is 20.2. The summed E-state index contributed by atoms with van der Waals surface area (Å²) in [7, 11) is 0.467. The Kier molecular flexibility index (Phi) is 8.38. The van der Waals surface area contributed by atoms with Gasteiger partial charge in [-0.1, -0.05) is 25.5 Å². The first-order valence-corrected chi connectivity index (χ1v) is 12.8. The molecule has 33 heavy (non-hydrogen) atoms. The normalized spacial score (nSPS) is 15.7. The van der Waals surface area contributed by atoms with Gasteiger partial charge in [0.2, 0.25) is 5.95 Å². The van der Waals surface area contributed by atoms with Crippen molar-refractivity contribution < 1.29 is 8.95 Å². The van der Waals surface area contributed by atoms with Crippen LogP contribution in [0.2, 0.25) is 0 Å². The molecule has 3 heterocycles. The Labute approximate surface area is 197 Å². The molecule has 178 valence electrons. The van der Waals surface area contributed by atoms with Crippen LogP contribution in [0.25, 0.3) is 22.3 Å². The first kappa shape index (κ1) is 23.7. The predicted octanol–water partition coefficient (Wildman–Crippen LogP) is 2.67. The third-order valence-electron chi connectivity index (χ3n) is 5.78. The second-order valence-electron chi connectivity index (χ2n) is 8.09. The third-order valence-corrected chi connectivity index (χ3v) is 6.85. The minimum absolute atomic E-state index is 0.636. The number of aromatic nitrogens is 4. The molecule has 2 aromatic heterocycles. The van der Waals surface area contributed by atoms with Gasteiger partial charge >= 0.3 is 0 Å². The smallest absolute Gasteiger partial charge is 0.224 e. The van der Waals surface area contributed by atoms with Gasteiger partial charge in [0.05, 0.1) is 23.5 Å². The van der Waals surface area contributed by atoms with E-state index in [-0.39, 0.29) is 0 Å². The van der Waals surface area contributed by atoms with E-state index in [1.54, 1.807) is 7.05 Å². The Balaban J connectivity index is 1.59. The van der Waals surface area contributed by atoms with Crippen molar-refractivity contribution in [2.45, 2.75) is 37.6 Å². The van der Waals surface area contributed by atoms with Crippen LogP contribution in [-0.4, -0.2) is 75.3 Å². The highest BCUT2D eigenvalue weighted by Crippen LogP contribution is 2.28. The summed E-state index contributed by atoms with van der Waals surface area (Å²) in [6.07, 6.45) is 5.04. The number of hydrogen-bond donors (Lipinski definition) is 2. The average molecular weight is 472 g/mol. The molecule has 1 fully saturated rings. The van der Waals surface area contributed by atoms with Gasteiger partial charge in [-0.3, -0.25) is 4.90 Å². The SMILES string of the molecule is CCCCNc1ncc2c(-c3ccc(S(=O)NC)cc3)nn(CCCN3CCOCC3)c2n1. The van der Waals surface area contributed by atoms with E-state index in [1.807, 2.05) is 35.1 Å². The standard InChI is InChI=1S/C23H33N7O2S/c1-3-4-10-25-23-26-17-20-21(18-6-8-19(9-7-18)33(31)24-2)28-30(22(20)27-23)12-5-11-29-13-15-32-16-14-29/h6-9,17,24H,3-5,10-16H2,1-2H3,(H,25,26,27). The summed E-state index contributed by atoms with van der Waals surface area (Å²) in [5.41, 5.74) is 2.64. The Morgan fingerprint density at radius 3 is 2.64 bits per heavy atom. The summed E-state index contributed by atoms with van der Waals surface area (Å²) in [6, 6.07) is 7.65. The molecule has 0 saturated carbocycles. The lowest BCUT2D eigenvalue weighted by molar-refractivity contribution is 0.0368. The molecule has 10 heteroatoms. The zero-order valence-electron chi connectivity index (χ0n) is 19.4. The lowest BCUT2D eigenvalue weighted by Gasteiger charge is -2.26. The van der Waals surface area contributed by atoms with Crippen molar-refractivity contribution in [2.75, 3.05) is 51.8 Å². The van der Waals surface area contributed by atoms with E-state index >= 15 is 0 Å². The lowest BCUT2D eigenvalue weighted by Crippen LogP contribution is -2.37. The molecule has 1 atom stereocenters. The van der Waals surface area contributed by atoms with Crippen LogP contribution in [0.3, 0.4) is 0 Å². The number of unbranched alkanes of at least 4 members (excludes halogenated alkanes) is 1. The quantitative estimate of drug-likeness (QED) is 0.415. The van der Waals surface area contributed by atoms with Crippen LogP contribution in [0.5, 0.6) is 0 Å². The van der Waals surface area contributed by atoms with Crippen LogP contribution in [0.4, 0.5) is 5.95 Å². The lowest BCUT2D eigenvalue weighted by atomic mass is 10.1. The van der Waals surface area contributed by atoms with Gasteiger partial charge < -0.3 is 10.1 Å². The third kappa shape index (κ3) is 5.94. The van der Waals surface area contributed by atoms with Crippen LogP contribution in [0.15, 0.2) is 35.4 Å². The number of fused-ring (bicyclic) bond motifs is 1. The molecule has 0 radical (unpaired) electrons. The van der Waals surface area contributed by atoms with Gasteiger partial charge in [-0.05, 0) is 32.0 Å². The molecule has 3 aromatic rings. The number of nitrogens with zero attached hydrogens (tertiary/aromatic N) is 5. The first-order chi connectivity index (χ1) is 16.2. The summed E-state index contributed by atoms with van der Waals surface area (Å²) in [6.45, 7) is 8.39. The maximum atomic E-state index is 12.0. The summed E-state index contributed by atoms with van der Waals surface area (Å²) in [5, 5.41) is 9.17. The van der Waals surface area contributed by atoms with Crippen LogP contribution < -0.4 is 10.0 Å². The van der Waals surface area contributed by atoms with E-state index in [0.29, 0.717) is 5.95 Å². The van der Waals surface area contributed by atoms with Gasteiger partial charge in [-0.25, -0.2) is 18.6 Å². The topological polar surface area (TPSA) is 97.2 Å². The molecule has 1 saturated heterocycles. The molecule has 1 aliphatic rings. The van der Waals surface area contributed by atoms with Gasteiger partial charge in [-0.2, -0.15) is 10.1 Å². The Morgan fingerprint density at radius 1 is 1.12 bits per heavy atom. The number of ether oxygens (including phenoxy) is 1. The number of anilines is 1. The van der Waals surface area contributed by atoms with E-state index in [4.69, 9.17) is 14.8 Å². The number of nitrogens with one attached hydrogen (secondary N) is 2. The van der Waals surface area contributed by atoms with E-state index in [2.05, 4.69) is 26.8 Å². The molecular formula is C23H33N7O2S. The molecule has 1 aromatic carbocycles. The summed E-state index contributed by atoms with van der Waals surface area (Å²) < 4.78 is 22.2. The number of rotatable bonds is 11. The van der Waals surface area contributed by atoms with Gasteiger partial charge in [0.25, 0.3) is 0 Å². The van der Waals surface area contributed by atoms with Gasteiger partial charge in [0.15, 0.2) is 5.65 Å². The van der Waals surface area contributed by atoms with Crippen molar-refractivity contribution in [3.63, 3.8) is 0 Å². The molecule has 0 amide bonds. The van der Waals surface area contributed by atoms with Crippen molar-refractivity contribution in [3.8, 4) is 11.3 Å². The number of aryl methyl sites for hydroxylation is 1. The van der Waals surface area contributed by atoms with Crippen LogP contribution in [-0.2, 0) is 22.3 Å². The molecule has 1 unspecified atom stereocenters. The summed E-state index contributed by atoms with van der Waals surface area (Å²) in [4.78, 5) is 12.5. The minimum Gasteiger partial charge on any atom is -0.379 e. The van der Waals surface area contributed by atoms with Crippen molar-refractivity contribution in [1.82, 2.24) is 29.4 Å². The Morgan fingerprint density at radius 2 is 1.91 bits per heavy atom. The maximum Gasteiger partial charge on any atom is 0.224 e. The fourth-order valence-corrected chi connectivity index (χ4v) is 4.53. The Bertz CT molecular complexity index is 1060. The Hall–Kier alpha value is -2.40. The summed E-state index contributed by atoms with van der Waals surface area (Å²) in [5.74, 6) is 0.636. The molecule has 9 nitrogen and oxygen atoms in total. The van der Waals surface area contributed by atoms with Gasteiger partial charge in [-0.15, -0.1) is 0 Å². The monoisotopic (exact) mass is 471 g/mol. The minimum atomic E-state index is -1.21. The molecule has 0 aliphatic carbocycles. The number of hydrogen-bond acceptors (Lipinski definition) is 7. The molecule has 1 aliphatic heterocycles. The van der Waals surface area contributed by atoms with Crippen LogP contribution >= 0.6 is 0 Å². The van der Waals surface area contributed by atoms with Gasteiger partial charge in [0.1, 0.15) is 16.7 Å². The van der Waals surface area contributed by atoms with Crippen molar-refractivity contribution in [3.05, 3.63) is 30.5 Å². The van der Waals surface area contributed by atoms with Crippen molar-refractivity contribution >= 4 is 28.0 Å². The number of benzene rings is 1. The highest BCUT2D eigenvalue weighted by molar-refractivity contribution is 7.83. The molecule has 4 rings (SSSR count). The van der Waals surface area contributed by atoms with Crippen molar-refractivity contribution in [1.29, 1.82) is 0 Å². The van der Waals surface area contributed by atoms with E-state index < -0.39 is 11.0 Å². The second kappa shape index (κ2) is 11.6.